The molecule has 0 aliphatic heterocycles. The van der Waals surface area contributed by atoms with E-state index in [-0.39, 0.29) is 11.9 Å². The minimum atomic E-state index is -0.105. The highest BCUT2D eigenvalue weighted by Gasteiger charge is 2.21. The predicted octanol–water partition coefficient (Wildman–Crippen LogP) is 5.39. The fourth-order valence-corrected chi connectivity index (χ4v) is 3.19. The van der Waals surface area contributed by atoms with Gasteiger partial charge >= 0.3 is 5.97 Å². The standard InChI is InChI=1S/C20H28O2/c1-2-22-20(21)19(18-14-6-4-7-15-18)16-8-3-5-11-17-12-9-10-13-17/h4,6-7,12,14-15,19H,2-3,5,8-11,13,16H2,1H3. The van der Waals surface area contributed by atoms with Crippen molar-refractivity contribution in [2.75, 3.05) is 6.61 Å². The zero-order valence-electron chi connectivity index (χ0n) is 13.7. The largest absolute Gasteiger partial charge is 0.466 e. The first-order valence-electron chi connectivity index (χ1n) is 8.70. The number of allylic oxidation sites excluding steroid dienone is 2. The average molecular weight is 300 g/mol. The summed E-state index contributed by atoms with van der Waals surface area (Å²) in [7, 11) is 0. The topological polar surface area (TPSA) is 26.3 Å². The van der Waals surface area contributed by atoms with Crippen LogP contribution in [0.1, 0.15) is 69.8 Å². The van der Waals surface area contributed by atoms with Crippen LogP contribution < -0.4 is 0 Å². The van der Waals surface area contributed by atoms with Gasteiger partial charge in [0.05, 0.1) is 12.5 Å². The molecule has 0 radical (unpaired) electrons. The SMILES string of the molecule is CCOC(=O)C(CCCCCC1=CCCC1)c1ccccc1. The lowest BCUT2D eigenvalue weighted by molar-refractivity contribution is -0.145. The van der Waals surface area contributed by atoms with Gasteiger partial charge in [-0.05, 0) is 51.0 Å². The van der Waals surface area contributed by atoms with Gasteiger partial charge in [-0.1, -0.05) is 54.8 Å². The van der Waals surface area contributed by atoms with Gasteiger partial charge in [-0.25, -0.2) is 0 Å². The lowest BCUT2D eigenvalue weighted by atomic mass is 9.92. The van der Waals surface area contributed by atoms with Crippen molar-refractivity contribution in [3.63, 3.8) is 0 Å². The Bertz CT molecular complexity index is 476. The van der Waals surface area contributed by atoms with Gasteiger partial charge in [-0.3, -0.25) is 4.79 Å². The summed E-state index contributed by atoms with van der Waals surface area (Å²) in [6.07, 6.45) is 12.0. The normalized spacial score (nSPS) is 15.4. The minimum absolute atomic E-state index is 0.0767. The highest BCUT2D eigenvalue weighted by atomic mass is 16.5. The van der Waals surface area contributed by atoms with E-state index in [1.165, 1.54) is 38.5 Å². The molecule has 1 aromatic rings. The summed E-state index contributed by atoms with van der Waals surface area (Å²) in [6.45, 7) is 2.32. The Morgan fingerprint density at radius 1 is 1.18 bits per heavy atom. The van der Waals surface area contributed by atoms with Crippen LogP contribution >= 0.6 is 0 Å². The number of hydrogen-bond donors (Lipinski definition) is 0. The van der Waals surface area contributed by atoms with E-state index < -0.39 is 0 Å². The monoisotopic (exact) mass is 300 g/mol. The molecule has 0 heterocycles. The molecule has 0 fully saturated rings. The quantitative estimate of drug-likeness (QED) is 0.347. The van der Waals surface area contributed by atoms with Crippen molar-refractivity contribution in [1.82, 2.24) is 0 Å². The Morgan fingerprint density at radius 3 is 2.68 bits per heavy atom. The van der Waals surface area contributed by atoms with E-state index >= 15 is 0 Å². The van der Waals surface area contributed by atoms with Crippen molar-refractivity contribution < 1.29 is 9.53 Å². The molecule has 2 nitrogen and oxygen atoms in total. The van der Waals surface area contributed by atoms with Crippen molar-refractivity contribution in [3.8, 4) is 0 Å². The number of unbranched alkanes of at least 4 members (excludes halogenated alkanes) is 2. The Kier molecular flexibility index (Phi) is 7.21. The molecule has 0 amide bonds. The van der Waals surface area contributed by atoms with Gasteiger partial charge < -0.3 is 4.74 Å². The number of ether oxygens (including phenoxy) is 1. The fourth-order valence-electron chi connectivity index (χ4n) is 3.19. The van der Waals surface area contributed by atoms with Crippen molar-refractivity contribution in [2.24, 2.45) is 0 Å². The van der Waals surface area contributed by atoms with Crippen molar-refractivity contribution in [2.45, 2.75) is 64.2 Å². The van der Waals surface area contributed by atoms with Gasteiger partial charge in [0.2, 0.25) is 0 Å². The van der Waals surface area contributed by atoms with E-state index in [4.69, 9.17) is 4.74 Å². The maximum atomic E-state index is 12.2. The summed E-state index contributed by atoms with van der Waals surface area (Å²) in [6, 6.07) is 10.0. The molecule has 2 heteroatoms. The molecule has 120 valence electrons. The van der Waals surface area contributed by atoms with Crippen molar-refractivity contribution >= 4 is 5.97 Å². The fraction of sp³-hybridized carbons (Fsp3) is 0.550. The first-order chi connectivity index (χ1) is 10.8. The van der Waals surface area contributed by atoms with Gasteiger partial charge in [0.15, 0.2) is 0 Å². The van der Waals surface area contributed by atoms with Gasteiger partial charge in [0.25, 0.3) is 0 Å². The zero-order valence-corrected chi connectivity index (χ0v) is 13.7. The van der Waals surface area contributed by atoms with Crippen LogP contribution in [0, 0.1) is 0 Å². The molecule has 0 bridgehead atoms. The molecule has 0 aromatic heterocycles. The molecule has 22 heavy (non-hydrogen) atoms. The molecule has 0 spiro atoms. The molecule has 1 atom stereocenters. The molecule has 0 saturated carbocycles. The molecule has 2 rings (SSSR count). The highest BCUT2D eigenvalue weighted by molar-refractivity contribution is 5.78. The summed E-state index contributed by atoms with van der Waals surface area (Å²) in [5.41, 5.74) is 2.73. The first kappa shape index (κ1) is 16.8. The molecular weight excluding hydrogens is 272 g/mol. The lowest BCUT2D eigenvalue weighted by Crippen LogP contribution is -2.16. The van der Waals surface area contributed by atoms with E-state index in [1.54, 1.807) is 5.57 Å². The summed E-state index contributed by atoms with van der Waals surface area (Å²) >= 11 is 0. The molecule has 0 N–H and O–H groups in total. The number of carbonyl (C=O) groups is 1. The molecule has 1 aromatic carbocycles. The van der Waals surface area contributed by atoms with E-state index in [0.717, 1.165) is 18.4 Å². The number of carbonyl (C=O) groups excluding carboxylic acids is 1. The Morgan fingerprint density at radius 2 is 2.00 bits per heavy atom. The molecule has 1 aliphatic rings. The average Bonchev–Trinajstić information content (AvgIpc) is 3.05. The van der Waals surface area contributed by atoms with Crippen molar-refractivity contribution in [1.29, 1.82) is 0 Å². The Balaban J connectivity index is 1.78. The molecular formula is C20H28O2. The zero-order chi connectivity index (χ0) is 15.6. The minimum Gasteiger partial charge on any atom is -0.466 e. The third-order valence-corrected chi connectivity index (χ3v) is 4.40. The van der Waals surface area contributed by atoms with Crippen molar-refractivity contribution in [3.05, 3.63) is 47.5 Å². The van der Waals surface area contributed by atoms with Crippen LogP contribution in [0.25, 0.3) is 0 Å². The van der Waals surface area contributed by atoms with E-state index in [9.17, 15) is 4.79 Å². The van der Waals surface area contributed by atoms with E-state index in [1.807, 2.05) is 37.3 Å². The van der Waals surface area contributed by atoms with Crippen LogP contribution in [-0.4, -0.2) is 12.6 Å². The lowest BCUT2D eigenvalue weighted by Gasteiger charge is -2.16. The van der Waals surface area contributed by atoms with E-state index in [0.29, 0.717) is 6.61 Å². The van der Waals surface area contributed by atoms with Crippen LogP contribution in [0.3, 0.4) is 0 Å². The predicted molar refractivity (Wildman–Crippen MR) is 90.8 cm³/mol. The summed E-state index contributed by atoms with van der Waals surface area (Å²) in [4.78, 5) is 12.2. The van der Waals surface area contributed by atoms with E-state index in [2.05, 4.69) is 6.08 Å². The smallest absolute Gasteiger partial charge is 0.313 e. The Labute approximate surface area is 134 Å². The van der Waals surface area contributed by atoms with Crippen LogP contribution in [0.5, 0.6) is 0 Å². The maximum Gasteiger partial charge on any atom is 0.313 e. The third-order valence-electron chi connectivity index (χ3n) is 4.40. The third kappa shape index (κ3) is 5.32. The maximum absolute atomic E-state index is 12.2. The molecule has 1 aliphatic carbocycles. The van der Waals surface area contributed by atoms with Gasteiger partial charge in [-0.15, -0.1) is 0 Å². The number of esters is 1. The van der Waals surface area contributed by atoms with Crippen LogP contribution in [0.4, 0.5) is 0 Å². The summed E-state index contributed by atoms with van der Waals surface area (Å²) in [5.74, 6) is -0.181. The summed E-state index contributed by atoms with van der Waals surface area (Å²) in [5, 5.41) is 0. The molecule has 0 saturated heterocycles. The van der Waals surface area contributed by atoms with Crippen LogP contribution in [-0.2, 0) is 9.53 Å². The second-order valence-corrected chi connectivity index (χ2v) is 6.07. The summed E-state index contributed by atoms with van der Waals surface area (Å²) < 4.78 is 5.25. The highest BCUT2D eigenvalue weighted by Crippen LogP contribution is 2.26. The second kappa shape index (κ2) is 9.45. The number of hydrogen-bond acceptors (Lipinski definition) is 2. The Hall–Kier alpha value is -1.57. The van der Waals surface area contributed by atoms with Gasteiger partial charge in [-0.2, -0.15) is 0 Å². The van der Waals surface area contributed by atoms with Gasteiger partial charge in [0, 0.05) is 0 Å². The second-order valence-electron chi connectivity index (χ2n) is 6.07. The number of rotatable bonds is 9. The molecule has 1 unspecified atom stereocenters. The van der Waals surface area contributed by atoms with Gasteiger partial charge in [0.1, 0.15) is 0 Å². The van der Waals surface area contributed by atoms with Crippen LogP contribution in [0.15, 0.2) is 42.0 Å². The number of benzene rings is 1. The van der Waals surface area contributed by atoms with Crippen LogP contribution in [0.2, 0.25) is 0 Å². The first-order valence-corrected chi connectivity index (χ1v) is 8.70.